The van der Waals surface area contributed by atoms with Crippen molar-refractivity contribution in [2.45, 2.75) is 39.3 Å². The highest BCUT2D eigenvalue weighted by atomic mass is 35.5. The number of thioether (sulfide) groups is 1. The summed E-state index contributed by atoms with van der Waals surface area (Å²) in [5.74, 6) is 0.589. The maximum atomic E-state index is 12.3. The molecule has 1 N–H and O–H groups in total. The van der Waals surface area contributed by atoms with E-state index in [1.165, 1.54) is 28.5 Å². The summed E-state index contributed by atoms with van der Waals surface area (Å²) in [6.07, 6.45) is 0.790. The first-order chi connectivity index (χ1) is 15.3. The lowest BCUT2D eigenvalue weighted by Gasteiger charge is -2.12. The van der Waals surface area contributed by atoms with Gasteiger partial charge in [0.1, 0.15) is 0 Å². The number of nitrogens with one attached hydrogen (secondary N) is 1. The first kappa shape index (κ1) is 22.3. The number of rotatable bonds is 6. The predicted molar refractivity (Wildman–Crippen MR) is 130 cm³/mol. The molecule has 4 rings (SSSR count). The van der Waals surface area contributed by atoms with E-state index in [9.17, 15) is 4.79 Å². The predicted octanol–water partition coefficient (Wildman–Crippen LogP) is 5.33. The summed E-state index contributed by atoms with van der Waals surface area (Å²) in [4.78, 5) is 21.5. The third-order valence-electron chi connectivity index (χ3n) is 5.34. The third kappa shape index (κ3) is 4.95. The van der Waals surface area contributed by atoms with Gasteiger partial charge in [-0.1, -0.05) is 53.2 Å². The van der Waals surface area contributed by atoms with Crippen molar-refractivity contribution >= 4 is 40.7 Å². The molecule has 164 valence electrons. The lowest BCUT2D eigenvalue weighted by Crippen LogP contribution is -2.14. The van der Waals surface area contributed by atoms with E-state index in [1.807, 2.05) is 13.8 Å². The maximum Gasteiger partial charge on any atom is 0.253 e. The van der Waals surface area contributed by atoms with E-state index < -0.39 is 0 Å². The quantitative estimate of drug-likeness (QED) is 0.389. The molecule has 2 aromatic carbocycles. The van der Waals surface area contributed by atoms with Crippen LogP contribution in [0.1, 0.15) is 33.6 Å². The average molecular weight is 466 g/mol. The van der Waals surface area contributed by atoms with Gasteiger partial charge in [0.2, 0.25) is 11.1 Å². The standard InChI is InChI=1S/C24H24ClN5OS/c1-14-8-9-15(2)18(10-14)11-21-16(3)26-23-28-24(29-30(23)17(21)4)32-13-22(31)27-20-7-5-6-19(25)12-20/h5-10,12H,11,13H2,1-4H3,(H,27,31). The van der Waals surface area contributed by atoms with Gasteiger partial charge in [-0.25, -0.2) is 9.50 Å². The van der Waals surface area contributed by atoms with Crippen molar-refractivity contribution in [2.24, 2.45) is 0 Å². The minimum Gasteiger partial charge on any atom is -0.325 e. The van der Waals surface area contributed by atoms with Crippen LogP contribution in [0, 0.1) is 27.7 Å². The van der Waals surface area contributed by atoms with Gasteiger partial charge in [0.05, 0.1) is 5.75 Å². The van der Waals surface area contributed by atoms with Crippen molar-refractivity contribution in [1.29, 1.82) is 0 Å². The molecule has 0 saturated carbocycles. The second-order valence-electron chi connectivity index (χ2n) is 7.82. The topological polar surface area (TPSA) is 72.2 Å². The Hall–Kier alpha value is -2.90. The molecule has 0 fully saturated rings. The van der Waals surface area contributed by atoms with Crippen LogP contribution in [0.2, 0.25) is 5.02 Å². The molecule has 6 nitrogen and oxygen atoms in total. The number of aromatic nitrogens is 4. The molecule has 0 radical (unpaired) electrons. The van der Waals surface area contributed by atoms with Crippen LogP contribution in [-0.4, -0.2) is 31.2 Å². The molecule has 4 aromatic rings. The number of amides is 1. The number of fused-ring (bicyclic) bond motifs is 1. The van der Waals surface area contributed by atoms with Crippen LogP contribution in [0.3, 0.4) is 0 Å². The average Bonchev–Trinajstić information content (AvgIpc) is 3.15. The number of hydrogen-bond acceptors (Lipinski definition) is 5. The largest absolute Gasteiger partial charge is 0.325 e. The van der Waals surface area contributed by atoms with Gasteiger partial charge in [0.15, 0.2) is 0 Å². The fraction of sp³-hybridized carbons (Fsp3) is 0.250. The van der Waals surface area contributed by atoms with E-state index >= 15 is 0 Å². The van der Waals surface area contributed by atoms with Crippen LogP contribution in [-0.2, 0) is 11.2 Å². The van der Waals surface area contributed by atoms with Gasteiger partial charge in [0.25, 0.3) is 5.78 Å². The van der Waals surface area contributed by atoms with Gasteiger partial charge >= 0.3 is 0 Å². The summed E-state index contributed by atoms with van der Waals surface area (Å²) in [5.41, 5.74) is 7.54. The number of nitrogens with zero attached hydrogens (tertiary/aromatic N) is 4. The van der Waals surface area contributed by atoms with Gasteiger partial charge in [-0.15, -0.1) is 5.10 Å². The molecule has 0 aliphatic carbocycles. The molecule has 2 heterocycles. The van der Waals surface area contributed by atoms with Crippen molar-refractivity contribution in [1.82, 2.24) is 19.6 Å². The molecule has 32 heavy (non-hydrogen) atoms. The van der Waals surface area contributed by atoms with Crippen LogP contribution >= 0.6 is 23.4 Å². The van der Waals surface area contributed by atoms with Gasteiger partial charge in [-0.2, -0.15) is 4.98 Å². The Morgan fingerprint density at radius 1 is 1.09 bits per heavy atom. The second-order valence-corrected chi connectivity index (χ2v) is 9.20. The van der Waals surface area contributed by atoms with E-state index in [0.29, 0.717) is 21.6 Å². The molecule has 1 amide bonds. The first-order valence-electron chi connectivity index (χ1n) is 10.3. The minimum atomic E-state index is -0.146. The van der Waals surface area contributed by atoms with E-state index in [0.717, 1.165) is 23.4 Å². The summed E-state index contributed by atoms with van der Waals surface area (Å²) in [6, 6.07) is 13.6. The number of benzene rings is 2. The fourth-order valence-electron chi connectivity index (χ4n) is 3.58. The number of halogens is 1. The molecule has 0 aliphatic heterocycles. The molecule has 0 saturated heterocycles. The number of carbonyl (C=O) groups is 1. The first-order valence-corrected chi connectivity index (χ1v) is 11.6. The van der Waals surface area contributed by atoms with Crippen LogP contribution in [0.25, 0.3) is 5.78 Å². The van der Waals surface area contributed by atoms with Crippen molar-refractivity contribution in [3.63, 3.8) is 0 Å². The SMILES string of the molecule is Cc1ccc(C)c(Cc2c(C)nc3nc(SCC(=O)Nc4cccc(Cl)c4)nn3c2C)c1. The second kappa shape index (κ2) is 9.30. The summed E-state index contributed by atoms with van der Waals surface area (Å²) in [5, 5.41) is 8.52. The Morgan fingerprint density at radius 2 is 1.91 bits per heavy atom. The van der Waals surface area contributed by atoms with Crippen LogP contribution in [0.4, 0.5) is 5.69 Å². The lowest BCUT2D eigenvalue weighted by molar-refractivity contribution is -0.113. The molecular weight excluding hydrogens is 442 g/mol. The fourth-order valence-corrected chi connectivity index (χ4v) is 4.39. The molecule has 0 aliphatic rings. The van der Waals surface area contributed by atoms with Crippen molar-refractivity contribution in [3.8, 4) is 0 Å². The smallest absolute Gasteiger partial charge is 0.253 e. The van der Waals surface area contributed by atoms with Gasteiger partial charge in [-0.05, 0) is 62.6 Å². The van der Waals surface area contributed by atoms with Crippen molar-refractivity contribution in [3.05, 3.63) is 81.1 Å². The summed E-state index contributed by atoms with van der Waals surface area (Å²) >= 11 is 7.25. The Morgan fingerprint density at radius 3 is 2.69 bits per heavy atom. The Balaban J connectivity index is 1.52. The van der Waals surface area contributed by atoms with Crippen molar-refractivity contribution < 1.29 is 4.79 Å². The molecule has 0 spiro atoms. The Labute approximate surface area is 196 Å². The molecular formula is C24H24ClN5OS. The lowest BCUT2D eigenvalue weighted by atomic mass is 9.97. The third-order valence-corrected chi connectivity index (χ3v) is 6.41. The Bertz CT molecular complexity index is 1320. The molecule has 0 atom stereocenters. The zero-order valence-electron chi connectivity index (χ0n) is 18.4. The van der Waals surface area contributed by atoms with E-state index in [4.69, 9.17) is 11.6 Å². The molecule has 2 aromatic heterocycles. The maximum absolute atomic E-state index is 12.3. The molecule has 0 bridgehead atoms. The zero-order valence-corrected chi connectivity index (χ0v) is 20.0. The monoisotopic (exact) mass is 465 g/mol. The molecule has 8 heteroatoms. The highest BCUT2D eigenvalue weighted by Crippen LogP contribution is 2.23. The van der Waals surface area contributed by atoms with Crippen LogP contribution in [0.15, 0.2) is 47.6 Å². The normalized spacial score (nSPS) is 11.2. The summed E-state index contributed by atoms with van der Waals surface area (Å²) < 4.78 is 1.77. The van der Waals surface area contributed by atoms with E-state index in [1.54, 1.807) is 28.8 Å². The highest BCUT2D eigenvalue weighted by molar-refractivity contribution is 7.99. The molecule has 0 unspecified atom stereocenters. The summed E-state index contributed by atoms with van der Waals surface area (Å²) in [7, 11) is 0. The number of aryl methyl sites for hydroxylation is 4. The number of anilines is 1. The van der Waals surface area contributed by atoms with Crippen LogP contribution < -0.4 is 5.32 Å². The number of carbonyl (C=O) groups excluding carboxylic acids is 1. The van der Waals surface area contributed by atoms with Gasteiger partial charge in [0, 0.05) is 28.5 Å². The van der Waals surface area contributed by atoms with Crippen molar-refractivity contribution in [2.75, 3.05) is 11.1 Å². The zero-order chi connectivity index (χ0) is 22.8. The van der Waals surface area contributed by atoms with Crippen LogP contribution in [0.5, 0.6) is 0 Å². The number of hydrogen-bond donors (Lipinski definition) is 1. The highest BCUT2D eigenvalue weighted by Gasteiger charge is 2.16. The van der Waals surface area contributed by atoms with E-state index in [-0.39, 0.29) is 11.7 Å². The van der Waals surface area contributed by atoms with Gasteiger partial charge in [-0.3, -0.25) is 4.79 Å². The van der Waals surface area contributed by atoms with Gasteiger partial charge < -0.3 is 5.32 Å². The minimum absolute atomic E-state index is 0.146. The Kier molecular flexibility index (Phi) is 6.48. The summed E-state index contributed by atoms with van der Waals surface area (Å²) in [6.45, 7) is 8.28. The van der Waals surface area contributed by atoms with E-state index in [2.05, 4.69) is 52.4 Å².